The number of aryl methyl sites for hydroxylation is 2. The zero-order valence-electron chi connectivity index (χ0n) is 15.6. The molecule has 0 aromatic carbocycles. The maximum Gasteiger partial charge on any atom is 0.228 e. The minimum Gasteiger partial charge on any atom is -0.357 e. The van der Waals surface area contributed by atoms with E-state index >= 15 is 0 Å². The Bertz CT molecular complexity index is 719. The van der Waals surface area contributed by atoms with Crippen molar-refractivity contribution in [2.75, 3.05) is 44.2 Å². The number of piperazine rings is 1. The van der Waals surface area contributed by atoms with E-state index in [2.05, 4.69) is 48.5 Å². The summed E-state index contributed by atoms with van der Waals surface area (Å²) in [5.41, 5.74) is 0. The van der Waals surface area contributed by atoms with Crippen LogP contribution in [-0.4, -0.2) is 69.6 Å². The van der Waals surface area contributed by atoms with E-state index in [0.29, 0.717) is 24.7 Å². The second kappa shape index (κ2) is 8.93. The lowest BCUT2D eigenvalue weighted by molar-refractivity contribution is 0.368. The number of aromatic nitrogens is 4. The van der Waals surface area contributed by atoms with Crippen molar-refractivity contribution in [2.24, 2.45) is 4.99 Å². The quantitative estimate of drug-likeness (QED) is 0.590. The number of nitrogens with zero attached hydrogens (tertiary/aromatic N) is 7. The zero-order valence-corrected chi connectivity index (χ0v) is 16.4. The molecule has 0 spiro atoms. The fourth-order valence-electron chi connectivity index (χ4n) is 2.75. The van der Waals surface area contributed by atoms with Gasteiger partial charge in [0.2, 0.25) is 11.0 Å². The first-order valence-electron chi connectivity index (χ1n) is 9.09. The monoisotopic (exact) mass is 378 g/mol. The first-order chi connectivity index (χ1) is 12.7. The third-order valence-corrected chi connectivity index (χ3v) is 4.93. The molecule has 0 aliphatic carbocycles. The van der Waals surface area contributed by atoms with Crippen molar-refractivity contribution in [2.45, 2.75) is 33.6 Å². The van der Waals surface area contributed by atoms with Crippen LogP contribution in [0, 0.1) is 6.92 Å². The van der Waals surface area contributed by atoms with E-state index in [1.54, 1.807) is 0 Å². The molecule has 0 amide bonds. The molecule has 1 aliphatic rings. The van der Waals surface area contributed by atoms with Crippen molar-refractivity contribution >= 4 is 22.6 Å². The van der Waals surface area contributed by atoms with Gasteiger partial charge in [-0.3, -0.25) is 4.99 Å². The second-order valence-electron chi connectivity index (χ2n) is 6.04. The first-order valence-corrected chi connectivity index (χ1v) is 9.87. The van der Waals surface area contributed by atoms with Crippen LogP contribution in [0.15, 0.2) is 9.52 Å². The number of guanidine groups is 1. The molecule has 10 heteroatoms. The van der Waals surface area contributed by atoms with Crippen molar-refractivity contribution in [3.63, 3.8) is 0 Å². The summed E-state index contributed by atoms with van der Waals surface area (Å²) in [5, 5.41) is 8.21. The molecular weight excluding hydrogens is 352 g/mol. The van der Waals surface area contributed by atoms with E-state index < -0.39 is 0 Å². The molecule has 0 bridgehead atoms. The van der Waals surface area contributed by atoms with Crippen LogP contribution in [0.2, 0.25) is 0 Å². The van der Waals surface area contributed by atoms with Crippen LogP contribution in [0.25, 0.3) is 0 Å². The van der Waals surface area contributed by atoms with Gasteiger partial charge in [0, 0.05) is 57.1 Å². The van der Waals surface area contributed by atoms with E-state index in [4.69, 9.17) is 9.52 Å². The van der Waals surface area contributed by atoms with E-state index in [-0.39, 0.29) is 0 Å². The zero-order chi connectivity index (χ0) is 18.4. The summed E-state index contributed by atoms with van der Waals surface area (Å²) in [6.45, 7) is 11.1. The van der Waals surface area contributed by atoms with Gasteiger partial charge in [-0.1, -0.05) is 12.1 Å². The molecule has 0 saturated carbocycles. The maximum atomic E-state index is 5.14. The molecule has 2 aromatic heterocycles. The normalized spacial score (nSPS) is 15.6. The average molecular weight is 379 g/mol. The molecule has 142 valence electrons. The fraction of sp³-hybridized carbons (Fsp3) is 0.688. The third-order valence-electron chi connectivity index (χ3n) is 4.12. The van der Waals surface area contributed by atoms with Crippen molar-refractivity contribution in [3.8, 4) is 0 Å². The standard InChI is InChI=1S/C16H26N8OS/c1-4-13-20-16(26-22-13)24-10-8-23(9-11-24)15(17-5-2)18-7-6-14-19-12(3)21-25-14/h4-11H2,1-3H3,(H,17,18). The summed E-state index contributed by atoms with van der Waals surface area (Å²) in [7, 11) is 0. The van der Waals surface area contributed by atoms with Crippen LogP contribution in [0.1, 0.15) is 31.4 Å². The molecule has 0 radical (unpaired) electrons. The van der Waals surface area contributed by atoms with Gasteiger partial charge in [-0.25, -0.2) is 4.98 Å². The molecule has 0 unspecified atom stereocenters. The predicted octanol–water partition coefficient (Wildman–Crippen LogP) is 1.12. The summed E-state index contributed by atoms with van der Waals surface area (Å²) in [5.74, 6) is 3.17. The van der Waals surface area contributed by atoms with Crippen molar-refractivity contribution in [3.05, 3.63) is 17.5 Å². The molecule has 1 N–H and O–H groups in total. The summed E-state index contributed by atoms with van der Waals surface area (Å²) in [6.07, 6.45) is 1.54. The van der Waals surface area contributed by atoms with Crippen LogP contribution >= 0.6 is 11.5 Å². The molecule has 3 rings (SSSR count). The minimum atomic E-state index is 0.625. The molecule has 1 saturated heterocycles. The Labute approximate surface area is 157 Å². The highest BCUT2D eigenvalue weighted by Gasteiger charge is 2.22. The van der Waals surface area contributed by atoms with Crippen LogP contribution in [0.5, 0.6) is 0 Å². The highest BCUT2D eigenvalue weighted by Crippen LogP contribution is 2.19. The average Bonchev–Trinajstić information content (AvgIpc) is 3.30. The fourth-order valence-corrected chi connectivity index (χ4v) is 3.55. The number of anilines is 1. The smallest absolute Gasteiger partial charge is 0.228 e. The minimum absolute atomic E-state index is 0.625. The summed E-state index contributed by atoms with van der Waals surface area (Å²) in [6, 6.07) is 0. The van der Waals surface area contributed by atoms with Gasteiger partial charge in [-0.2, -0.15) is 9.36 Å². The Morgan fingerprint density at radius 1 is 1.23 bits per heavy atom. The van der Waals surface area contributed by atoms with Gasteiger partial charge in [0.05, 0.1) is 6.54 Å². The topological polar surface area (TPSA) is 95.6 Å². The van der Waals surface area contributed by atoms with Gasteiger partial charge < -0.3 is 19.6 Å². The Kier molecular flexibility index (Phi) is 6.37. The van der Waals surface area contributed by atoms with Gasteiger partial charge in [0.25, 0.3) is 0 Å². The molecular formula is C16H26N8OS. The van der Waals surface area contributed by atoms with E-state index in [0.717, 1.165) is 56.1 Å². The lowest BCUT2D eigenvalue weighted by Gasteiger charge is -2.36. The van der Waals surface area contributed by atoms with Crippen LogP contribution in [-0.2, 0) is 12.8 Å². The van der Waals surface area contributed by atoms with Crippen molar-refractivity contribution in [1.29, 1.82) is 0 Å². The molecule has 1 fully saturated rings. The number of nitrogens with one attached hydrogen (secondary N) is 1. The van der Waals surface area contributed by atoms with Gasteiger partial charge in [-0.05, 0) is 13.8 Å². The summed E-state index contributed by atoms with van der Waals surface area (Å²) < 4.78 is 9.53. The van der Waals surface area contributed by atoms with Crippen LogP contribution in [0.3, 0.4) is 0 Å². The number of rotatable bonds is 6. The number of hydrogen-bond donors (Lipinski definition) is 1. The van der Waals surface area contributed by atoms with Crippen molar-refractivity contribution in [1.82, 2.24) is 29.7 Å². The molecule has 0 atom stereocenters. The summed E-state index contributed by atoms with van der Waals surface area (Å²) >= 11 is 1.49. The molecule has 1 aliphatic heterocycles. The SMILES string of the molecule is CCNC(=NCCc1nc(C)no1)N1CCN(c2nc(CC)ns2)CC1. The Morgan fingerprint density at radius 2 is 2.04 bits per heavy atom. The van der Waals surface area contributed by atoms with E-state index in [1.807, 2.05) is 6.92 Å². The van der Waals surface area contributed by atoms with Gasteiger partial charge >= 0.3 is 0 Å². The van der Waals surface area contributed by atoms with Gasteiger partial charge in [0.1, 0.15) is 5.82 Å². The van der Waals surface area contributed by atoms with Gasteiger partial charge in [-0.15, -0.1) is 0 Å². The van der Waals surface area contributed by atoms with E-state index in [9.17, 15) is 0 Å². The predicted molar refractivity (Wildman–Crippen MR) is 102 cm³/mol. The highest BCUT2D eigenvalue weighted by atomic mass is 32.1. The second-order valence-corrected chi connectivity index (χ2v) is 6.77. The first kappa shape index (κ1) is 18.6. The number of aliphatic imine (C=N–C) groups is 1. The van der Waals surface area contributed by atoms with Crippen molar-refractivity contribution < 1.29 is 4.52 Å². The lowest BCUT2D eigenvalue weighted by Crippen LogP contribution is -2.52. The molecule has 26 heavy (non-hydrogen) atoms. The van der Waals surface area contributed by atoms with Crippen LogP contribution < -0.4 is 10.2 Å². The highest BCUT2D eigenvalue weighted by molar-refractivity contribution is 7.09. The van der Waals surface area contributed by atoms with Crippen LogP contribution in [0.4, 0.5) is 5.13 Å². The molecule has 9 nitrogen and oxygen atoms in total. The maximum absolute atomic E-state index is 5.14. The third kappa shape index (κ3) is 4.69. The number of hydrogen-bond acceptors (Lipinski definition) is 8. The van der Waals surface area contributed by atoms with Gasteiger partial charge in [0.15, 0.2) is 11.8 Å². The largest absolute Gasteiger partial charge is 0.357 e. The van der Waals surface area contributed by atoms with E-state index in [1.165, 1.54) is 11.5 Å². The summed E-state index contributed by atoms with van der Waals surface area (Å²) in [4.78, 5) is 18.1. The molecule has 2 aromatic rings. The Balaban J connectivity index is 1.54. The Morgan fingerprint density at radius 3 is 2.65 bits per heavy atom. The molecule has 3 heterocycles. The lowest BCUT2D eigenvalue weighted by atomic mass is 10.3. The Hall–Kier alpha value is -2.23.